The number of pyridine rings is 1. The number of rotatable bonds is 6. The van der Waals surface area contributed by atoms with E-state index in [9.17, 15) is 0 Å². The third-order valence-corrected chi connectivity index (χ3v) is 4.06. The fraction of sp³-hybridized carbons (Fsp3) is 0.357. The van der Waals surface area contributed by atoms with Gasteiger partial charge in [0.15, 0.2) is 5.75 Å². The molecule has 0 saturated heterocycles. The van der Waals surface area contributed by atoms with Gasteiger partial charge in [-0.1, -0.05) is 22.0 Å². The van der Waals surface area contributed by atoms with Crippen molar-refractivity contribution < 1.29 is 4.74 Å². The second-order valence-corrected chi connectivity index (χ2v) is 5.94. The van der Waals surface area contributed by atoms with Gasteiger partial charge in [-0.2, -0.15) is 0 Å². The largest absolute Gasteiger partial charge is 0.490 e. The van der Waals surface area contributed by atoms with Gasteiger partial charge in [0.1, 0.15) is 5.52 Å². The zero-order chi connectivity index (χ0) is 13.7. The van der Waals surface area contributed by atoms with Crippen molar-refractivity contribution in [2.75, 3.05) is 20.2 Å². The first-order valence-corrected chi connectivity index (χ1v) is 7.82. The molecule has 0 atom stereocenters. The van der Waals surface area contributed by atoms with E-state index in [4.69, 9.17) is 4.74 Å². The molecule has 0 radical (unpaired) electrons. The summed E-state index contributed by atoms with van der Waals surface area (Å²) in [4.78, 5) is 4.42. The van der Waals surface area contributed by atoms with E-state index in [1.54, 1.807) is 6.20 Å². The molecule has 0 bridgehead atoms. The molecule has 0 fully saturated rings. The van der Waals surface area contributed by atoms with E-state index in [1.807, 2.05) is 25.2 Å². The zero-order valence-corrected chi connectivity index (χ0v) is 13.9. The number of nitrogens with one attached hydrogen (secondary N) is 1. The lowest BCUT2D eigenvalue weighted by molar-refractivity contribution is 0.307. The highest BCUT2D eigenvalue weighted by atomic mass is 79.9. The maximum Gasteiger partial charge on any atom is 0.159 e. The Balaban J connectivity index is 2.18. The number of unbranched alkanes of at least 4 members (excludes halogenated alkanes) is 1. The van der Waals surface area contributed by atoms with Crippen molar-refractivity contribution in [3.05, 3.63) is 33.3 Å². The van der Waals surface area contributed by atoms with E-state index in [2.05, 4.69) is 42.2 Å². The van der Waals surface area contributed by atoms with Crippen molar-refractivity contribution in [2.45, 2.75) is 12.8 Å². The maximum absolute atomic E-state index is 5.89. The molecule has 0 spiro atoms. The minimum Gasteiger partial charge on any atom is -0.490 e. The van der Waals surface area contributed by atoms with Gasteiger partial charge in [0.25, 0.3) is 0 Å². The molecule has 0 aliphatic rings. The number of hydrogen-bond donors (Lipinski definition) is 1. The first kappa shape index (κ1) is 14.8. The van der Waals surface area contributed by atoms with E-state index >= 15 is 0 Å². The molecule has 3 nitrogen and oxygen atoms in total. The van der Waals surface area contributed by atoms with Crippen LogP contribution in [0.4, 0.5) is 0 Å². The van der Waals surface area contributed by atoms with Crippen molar-refractivity contribution in [2.24, 2.45) is 0 Å². The summed E-state index contributed by atoms with van der Waals surface area (Å²) in [6.07, 6.45) is 3.92. The van der Waals surface area contributed by atoms with E-state index in [-0.39, 0.29) is 0 Å². The minimum absolute atomic E-state index is 0.702. The van der Waals surface area contributed by atoms with Crippen LogP contribution in [-0.2, 0) is 0 Å². The number of hydrogen-bond acceptors (Lipinski definition) is 3. The fourth-order valence-corrected chi connectivity index (χ4v) is 3.25. The Kier molecular flexibility index (Phi) is 5.60. The first-order valence-electron chi connectivity index (χ1n) is 6.24. The van der Waals surface area contributed by atoms with Crippen LogP contribution in [0.25, 0.3) is 10.9 Å². The second-order valence-electron chi connectivity index (χ2n) is 4.23. The summed E-state index contributed by atoms with van der Waals surface area (Å²) >= 11 is 7.09. The van der Waals surface area contributed by atoms with Crippen LogP contribution in [-0.4, -0.2) is 25.2 Å². The Morgan fingerprint density at radius 2 is 2.11 bits per heavy atom. The summed E-state index contributed by atoms with van der Waals surface area (Å²) in [6.45, 7) is 1.72. The van der Waals surface area contributed by atoms with Crippen LogP contribution >= 0.6 is 31.9 Å². The van der Waals surface area contributed by atoms with E-state index < -0.39 is 0 Å². The third kappa shape index (κ3) is 3.68. The molecule has 0 unspecified atom stereocenters. The summed E-state index contributed by atoms with van der Waals surface area (Å²) < 4.78 is 7.84. The summed E-state index contributed by atoms with van der Waals surface area (Å²) in [7, 11) is 1.96. The topological polar surface area (TPSA) is 34.1 Å². The molecule has 19 heavy (non-hydrogen) atoms. The van der Waals surface area contributed by atoms with Crippen molar-refractivity contribution in [3.63, 3.8) is 0 Å². The van der Waals surface area contributed by atoms with Gasteiger partial charge in [-0.15, -0.1) is 0 Å². The Morgan fingerprint density at radius 3 is 2.89 bits per heavy atom. The van der Waals surface area contributed by atoms with Gasteiger partial charge in [0, 0.05) is 16.1 Å². The van der Waals surface area contributed by atoms with Gasteiger partial charge < -0.3 is 10.1 Å². The van der Waals surface area contributed by atoms with Crippen LogP contribution in [0.1, 0.15) is 12.8 Å². The fourth-order valence-electron chi connectivity index (χ4n) is 1.86. The molecule has 0 amide bonds. The third-order valence-electron chi connectivity index (χ3n) is 2.82. The maximum atomic E-state index is 5.89. The van der Waals surface area contributed by atoms with Gasteiger partial charge in [-0.3, -0.25) is 4.98 Å². The van der Waals surface area contributed by atoms with Gasteiger partial charge >= 0.3 is 0 Å². The SMILES string of the molecule is CNCCCCOc1c(Br)cc(Br)c2cccnc12. The number of aromatic nitrogens is 1. The van der Waals surface area contributed by atoms with Crippen LogP contribution in [0.2, 0.25) is 0 Å². The average molecular weight is 388 g/mol. The molecular formula is C14H16Br2N2O. The van der Waals surface area contributed by atoms with Crippen LogP contribution in [0, 0.1) is 0 Å². The van der Waals surface area contributed by atoms with Gasteiger partial charge in [-0.05, 0) is 54.5 Å². The van der Waals surface area contributed by atoms with Crippen molar-refractivity contribution in [1.82, 2.24) is 10.3 Å². The van der Waals surface area contributed by atoms with Crippen LogP contribution in [0.15, 0.2) is 33.3 Å². The molecular weight excluding hydrogens is 372 g/mol. The molecule has 0 saturated carbocycles. The number of nitrogens with zero attached hydrogens (tertiary/aromatic N) is 1. The van der Waals surface area contributed by atoms with Crippen LogP contribution in [0.5, 0.6) is 5.75 Å². The van der Waals surface area contributed by atoms with Crippen molar-refractivity contribution in [3.8, 4) is 5.75 Å². The quantitative estimate of drug-likeness (QED) is 0.756. The van der Waals surface area contributed by atoms with Crippen molar-refractivity contribution in [1.29, 1.82) is 0 Å². The lowest BCUT2D eigenvalue weighted by Crippen LogP contribution is -2.09. The predicted molar refractivity (Wildman–Crippen MR) is 85.8 cm³/mol. The van der Waals surface area contributed by atoms with Crippen LogP contribution < -0.4 is 10.1 Å². The Labute approximate surface area is 130 Å². The number of halogens is 2. The molecule has 1 N–H and O–H groups in total. The highest BCUT2D eigenvalue weighted by Gasteiger charge is 2.11. The second kappa shape index (κ2) is 7.22. The number of benzene rings is 1. The standard InChI is InChI=1S/C14H16Br2N2O/c1-17-6-2-3-8-19-14-12(16)9-11(15)10-5-4-7-18-13(10)14/h4-5,7,9,17H,2-3,6,8H2,1H3. The molecule has 2 aromatic rings. The van der Waals surface area contributed by atoms with Crippen molar-refractivity contribution >= 4 is 42.8 Å². The normalized spacial score (nSPS) is 10.9. The van der Waals surface area contributed by atoms with Gasteiger partial charge in [0.2, 0.25) is 0 Å². The first-order chi connectivity index (χ1) is 9.24. The van der Waals surface area contributed by atoms with Gasteiger partial charge in [0.05, 0.1) is 11.1 Å². The molecule has 5 heteroatoms. The van der Waals surface area contributed by atoms with Crippen LogP contribution in [0.3, 0.4) is 0 Å². The summed E-state index contributed by atoms with van der Waals surface area (Å²) in [5.41, 5.74) is 0.886. The highest BCUT2D eigenvalue weighted by molar-refractivity contribution is 9.11. The minimum atomic E-state index is 0.702. The summed E-state index contributed by atoms with van der Waals surface area (Å²) in [5.74, 6) is 0.822. The molecule has 0 aliphatic heterocycles. The summed E-state index contributed by atoms with van der Waals surface area (Å²) in [5, 5.41) is 4.20. The molecule has 1 aromatic heterocycles. The smallest absolute Gasteiger partial charge is 0.159 e. The monoisotopic (exact) mass is 386 g/mol. The van der Waals surface area contributed by atoms with E-state index in [0.29, 0.717) is 6.61 Å². The number of ether oxygens (including phenoxy) is 1. The molecule has 102 valence electrons. The lowest BCUT2D eigenvalue weighted by Gasteiger charge is -2.12. The summed E-state index contributed by atoms with van der Waals surface area (Å²) in [6, 6.07) is 5.97. The molecule has 2 rings (SSSR count). The van der Waals surface area contributed by atoms with E-state index in [1.165, 1.54) is 0 Å². The predicted octanol–water partition coefficient (Wildman–Crippen LogP) is 4.14. The molecule has 1 aromatic carbocycles. The molecule has 1 heterocycles. The zero-order valence-electron chi connectivity index (χ0n) is 10.7. The average Bonchev–Trinajstić information content (AvgIpc) is 2.42. The highest BCUT2D eigenvalue weighted by Crippen LogP contribution is 2.37. The van der Waals surface area contributed by atoms with E-state index in [0.717, 1.165) is 45.0 Å². The number of fused-ring (bicyclic) bond motifs is 1. The Hall–Kier alpha value is -0.650. The Morgan fingerprint density at radius 1 is 1.26 bits per heavy atom. The van der Waals surface area contributed by atoms with Gasteiger partial charge in [-0.25, -0.2) is 0 Å². The Bertz CT molecular complexity index is 560. The molecule has 0 aliphatic carbocycles. The lowest BCUT2D eigenvalue weighted by atomic mass is 10.2.